The Morgan fingerprint density at radius 2 is 2.13 bits per heavy atom. The van der Waals surface area contributed by atoms with Crippen LogP contribution in [-0.2, 0) is 13.1 Å². The fourth-order valence-electron chi connectivity index (χ4n) is 3.65. The summed E-state index contributed by atoms with van der Waals surface area (Å²) in [5, 5.41) is 4.20. The number of nitrogens with zero attached hydrogens (tertiary/aromatic N) is 6. The van der Waals surface area contributed by atoms with Gasteiger partial charge < -0.3 is 4.57 Å². The van der Waals surface area contributed by atoms with Gasteiger partial charge in [0.05, 0.1) is 23.6 Å². The normalized spacial score (nSPS) is 18.9. The van der Waals surface area contributed by atoms with Gasteiger partial charge in [0.2, 0.25) is 0 Å². The molecule has 0 aliphatic carbocycles. The Morgan fingerprint density at radius 1 is 1.22 bits per heavy atom. The lowest BCUT2D eigenvalue weighted by molar-refractivity contribution is 0.231. The lowest BCUT2D eigenvalue weighted by Gasteiger charge is -2.24. The fraction of sp³-hybridized carbons (Fsp3) is 0.471. The molecule has 0 N–H and O–H groups in total. The van der Waals surface area contributed by atoms with Gasteiger partial charge in [-0.05, 0) is 38.4 Å². The monoisotopic (exact) mass is 310 g/mol. The zero-order valence-corrected chi connectivity index (χ0v) is 13.5. The molecule has 0 saturated carbocycles. The van der Waals surface area contributed by atoms with Crippen LogP contribution >= 0.6 is 0 Å². The third kappa shape index (κ3) is 2.63. The van der Waals surface area contributed by atoms with Crippen molar-refractivity contribution in [1.29, 1.82) is 0 Å². The van der Waals surface area contributed by atoms with Crippen LogP contribution in [0.5, 0.6) is 0 Å². The van der Waals surface area contributed by atoms with Crippen molar-refractivity contribution >= 4 is 11.0 Å². The van der Waals surface area contributed by atoms with E-state index < -0.39 is 0 Å². The molecule has 1 saturated heterocycles. The van der Waals surface area contributed by atoms with Crippen LogP contribution < -0.4 is 0 Å². The molecule has 23 heavy (non-hydrogen) atoms. The van der Waals surface area contributed by atoms with E-state index in [4.69, 9.17) is 4.98 Å². The highest BCUT2D eigenvalue weighted by atomic mass is 15.3. The molecule has 120 valence electrons. The van der Waals surface area contributed by atoms with Crippen molar-refractivity contribution in [2.24, 2.45) is 0 Å². The number of para-hydroxylation sites is 2. The van der Waals surface area contributed by atoms with Gasteiger partial charge in [-0.3, -0.25) is 9.58 Å². The molecule has 6 heteroatoms. The van der Waals surface area contributed by atoms with Crippen LogP contribution in [0, 0.1) is 0 Å². The minimum Gasteiger partial charge on any atom is -0.327 e. The number of hydrogen-bond donors (Lipinski definition) is 0. The molecule has 1 aliphatic rings. The maximum Gasteiger partial charge on any atom is 0.137 e. The van der Waals surface area contributed by atoms with Crippen molar-refractivity contribution in [3.8, 4) is 0 Å². The highest BCUT2D eigenvalue weighted by molar-refractivity contribution is 5.76. The summed E-state index contributed by atoms with van der Waals surface area (Å²) in [7, 11) is 0. The van der Waals surface area contributed by atoms with Crippen LogP contribution in [0.4, 0.5) is 0 Å². The van der Waals surface area contributed by atoms with Crippen LogP contribution in [-0.4, -0.2) is 42.3 Å². The number of imidazole rings is 1. The first-order valence-corrected chi connectivity index (χ1v) is 8.38. The van der Waals surface area contributed by atoms with Gasteiger partial charge >= 0.3 is 0 Å². The lowest BCUT2D eigenvalue weighted by Crippen LogP contribution is -2.29. The second-order valence-electron chi connectivity index (χ2n) is 6.06. The maximum absolute atomic E-state index is 4.95. The van der Waals surface area contributed by atoms with Crippen LogP contribution in [0.2, 0.25) is 0 Å². The second kappa shape index (κ2) is 6.12. The molecular weight excluding hydrogens is 288 g/mol. The van der Waals surface area contributed by atoms with Crippen molar-refractivity contribution in [3.63, 3.8) is 0 Å². The van der Waals surface area contributed by atoms with Crippen molar-refractivity contribution in [1.82, 2.24) is 29.2 Å². The summed E-state index contributed by atoms with van der Waals surface area (Å²) >= 11 is 0. The van der Waals surface area contributed by atoms with E-state index >= 15 is 0 Å². The van der Waals surface area contributed by atoms with E-state index in [-0.39, 0.29) is 0 Å². The van der Waals surface area contributed by atoms with Crippen molar-refractivity contribution in [3.05, 3.63) is 42.7 Å². The Labute approximate surface area is 135 Å². The summed E-state index contributed by atoms with van der Waals surface area (Å²) in [5.74, 6) is 1.21. The van der Waals surface area contributed by atoms with Gasteiger partial charge in [-0.1, -0.05) is 12.1 Å². The first-order valence-electron chi connectivity index (χ1n) is 8.38. The molecule has 3 heterocycles. The molecule has 1 fully saturated rings. The van der Waals surface area contributed by atoms with Crippen molar-refractivity contribution in [2.75, 3.05) is 13.1 Å². The van der Waals surface area contributed by atoms with Gasteiger partial charge in [0, 0.05) is 13.1 Å². The molecule has 0 unspecified atom stereocenters. The molecule has 1 aromatic carbocycles. The van der Waals surface area contributed by atoms with Crippen LogP contribution in [0.1, 0.15) is 31.6 Å². The van der Waals surface area contributed by atoms with E-state index in [0.29, 0.717) is 6.04 Å². The first-order chi connectivity index (χ1) is 11.4. The van der Waals surface area contributed by atoms with Crippen molar-refractivity contribution < 1.29 is 0 Å². The molecule has 6 nitrogen and oxygen atoms in total. The van der Waals surface area contributed by atoms with Gasteiger partial charge in [0.15, 0.2) is 0 Å². The molecule has 0 bridgehead atoms. The van der Waals surface area contributed by atoms with E-state index in [1.807, 2.05) is 4.68 Å². The van der Waals surface area contributed by atoms with Gasteiger partial charge in [0.25, 0.3) is 0 Å². The van der Waals surface area contributed by atoms with Crippen LogP contribution in [0.3, 0.4) is 0 Å². The molecule has 1 aliphatic heterocycles. The topological polar surface area (TPSA) is 51.8 Å². The molecule has 0 radical (unpaired) electrons. The quantitative estimate of drug-likeness (QED) is 0.726. The number of aromatic nitrogens is 5. The molecule has 0 spiro atoms. The molecule has 0 amide bonds. The molecule has 4 rings (SSSR count). The average Bonchev–Trinajstić information content (AvgIpc) is 3.31. The average molecular weight is 310 g/mol. The third-order valence-electron chi connectivity index (χ3n) is 4.74. The Morgan fingerprint density at radius 3 is 2.96 bits per heavy atom. The Kier molecular flexibility index (Phi) is 3.83. The number of rotatable bonds is 5. The second-order valence-corrected chi connectivity index (χ2v) is 6.06. The number of fused-ring (bicyclic) bond motifs is 1. The first kappa shape index (κ1) is 14.4. The molecule has 3 aromatic rings. The highest BCUT2D eigenvalue weighted by Gasteiger charge is 2.29. The minimum absolute atomic E-state index is 0.408. The molecular formula is C17H22N6. The minimum atomic E-state index is 0.408. The fourth-order valence-corrected chi connectivity index (χ4v) is 3.65. The summed E-state index contributed by atoms with van der Waals surface area (Å²) in [6.07, 6.45) is 5.79. The zero-order valence-electron chi connectivity index (χ0n) is 13.5. The predicted molar refractivity (Wildman–Crippen MR) is 89.0 cm³/mol. The summed E-state index contributed by atoms with van der Waals surface area (Å²) in [6.45, 7) is 6.16. The Hall–Kier alpha value is -2.21. The smallest absolute Gasteiger partial charge is 0.137 e. The standard InChI is InChI=1S/C17H22N6/c1-2-23-15-7-4-3-6-14(15)20-17(23)16-8-5-9-21(16)10-11-22-13-18-12-19-22/h3-4,6-7,12-13,16H,2,5,8-11H2,1H3/t16-/m0/s1. The highest BCUT2D eigenvalue weighted by Crippen LogP contribution is 2.33. The number of benzene rings is 1. The number of likely N-dealkylation sites (tertiary alicyclic amines) is 1. The van der Waals surface area contributed by atoms with Gasteiger partial charge in [0.1, 0.15) is 18.5 Å². The van der Waals surface area contributed by atoms with Crippen molar-refractivity contribution in [2.45, 2.75) is 38.9 Å². The Bertz CT molecular complexity index is 776. The van der Waals surface area contributed by atoms with E-state index in [0.717, 1.165) is 31.7 Å². The summed E-state index contributed by atoms with van der Waals surface area (Å²) in [4.78, 5) is 11.5. The summed E-state index contributed by atoms with van der Waals surface area (Å²) < 4.78 is 4.27. The summed E-state index contributed by atoms with van der Waals surface area (Å²) in [6, 6.07) is 8.85. The lowest BCUT2D eigenvalue weighted by atomic mass is 10.2. The maximum atomic E-state index is 4.95. The van der Waals surface area contributed by atoms with E-state index in [1.54, 1.807) is 12.7 Å². The molecule has 1 atom stereocenters. The number of aryl methyl sites for hydroxylation is 1. The predicted octanol–water partition coefficient (Wildman–Crippen LogP) is 2.48. The SMILES string of the molecule is CCn1c([C@@H]2CCCN2CCn2cncn2)nc2ccccc21. The van der Waals surface area contributed by atoms with Gasteiger partial charge in [-0.25, -0.2) is 9.97 Å². The van der Waals surface area contributed by atoms with Crippen LogP contribution in [0.15, 0.2) is 36.9 Å². The zero-order chi connectivity index (χ0) is 15.6. The molecule has 2 aromatic heterocycles. The number of hydrogen-bond acceptors (Lipinski definition) is 4. The summed E-state index contributed by atoms with van der Waals surface area (Å²) in [5.41, 5.74) is 2.35. The van der Waals surface area contributed by atoms with Gasteiger partial charge in [-0.15, -0.1) is 0 Å². The largest absolute Gasteiger partial charge is 0.327 e. The van der Waals surface area contributed by atoms with Gasteiger partial charge in [-0.2, -0.15) is 5.10 Å². The van der Waals surface area contributed by atoms with E-state index in [9.17, 15) is 0 Å². The van der Waals surface area contributed by atoms with E-state index in [1.165, 1.54) is 24.2 Å². The Balaban J connectivity index is 1.60. The third-order valence-corrected chi connectivity index (χ3v) is 4.74. The van der Waals surface area contributed by atoms with Crippen LogP contribution in [0.25, 0.3) is 11.0 Å². The van der Waals surface area contributed by atoms with E-state index in [2.05, 4.69) is 50.7 Å².